The van der Waals surface area contributed by atoms with E-state index in [1.54, 1.807) is 6.92 Å². The van der Waals surface area contributed by atoms with Crippen molar-refractivity contribution >= 4 is 5.91 Å². The normalized spacial score (nSPS) is 21.1. The van der Waals surface area contributed by atoms with Gasteiger partial charge in [0.05, 0.1) is 11.7 Å². The molecule has 18 heavy (non-hydrogen) atoms. The van der Waals surface area contributed by atoms with Crippen molar-refractivity contribution in [2.45, 2.75) is 19.4 Å². The minimum atomic E-state index is -0.720. The van der Waals surface area contributed by atoms with Crippen molar-refractivity contribution in [2.24, 2.45) is 5.92 Å². The van der Waals surface area contributed by atoms with Crippen LogP contribution in [0.4, 0.5) is 8.78 Å². The van der Waals surface area contributed by atoms with Gasteiger partial charge in [0.25, 0.3) is 5.91 Å². The molecule has 1 heterocycles. The van der Waals surface area contributed by atoms with Crippen molar-refractivity contribution < 1.29 is 18.7 Å². The lowest BCUT2D eigenvalue weighted by Gasteiger charge is -2.18. The molecular weight excluding hydrogens is 240 g/mol. The van der Waals surface area contributed by atoms with Gasteiger partial charge in [-0.25, -0.2) is 8.78 Å². The lowest BCUT2D eigenvalue weighted by Crippen LogP contribution is -2.31. The van der Waals surface area contributed by atoms with Crippen LogP contribution in [0.5, 0.6) is 0 Å². The molecule has 1 fully saturated rings. The van der Waals surface area contributed by atoms with Crippen LogP contribution in [-0.2, 0) is 0 Å². The van der Waals surface area contributed by atoms with E-state index in [1.165, 1.54) is 4.90 Å². The molecule has 1 aliphatic rings. The molecular formula is C13H15F2NO2. The number of hydrogen-bond acceptors (Lipinski definition) is 2. The second kappa shape index (κ2) is 5.02. The summed E-state index contributed by atoms with van der Waals surface area (Å²) in [6.07, 6.45) is 0.181. The number of hydrogen-bond donors (Lipinski definition) is 1. The number of amides is 1. The van der Waals surface area contributed by atoms with Crippen LogP contribution in [-0.4, -0.2) is 35.1 Å². The van der Waals surface area contributed by atoms with E-state index in [0.29, 0.717) is 19.5 Å². The van der Waals surface area contributed by atoms with Gasteiger partial charge in [-0.05, 0) is 31.5 Å². The Bertz CT molecular complexity index is 462. The average molecular weight is 255 g/mol. The number of aliphatic hydroxyl groups is 1. The maximum Gasteiger partial charge on any atom is 0.256 e. The summed E-state index contributed by atoms with van der Waals surface area (Å²) < 4.78 is 26.5. The smallest absolute Gasteiger partial charge is 0.256 e. The molecule has 1 N–H and O–H groups in total. The first-order valence-corrected chi connectivity index (χ1v) is 5.91. The molecule has 0 aromatic heterocycles. The largest absolute Gasteiger partial charge is 0.393 e. The van der Waals surface area contributed by atoms with E-state index in [-0.39, 0.29) is 11.5 Å². The maximum absolute atomic E-state index is 13.5. The molecule has 1 aromatic rings. The Morgan fingerprint density at radius 3 is 2.83 bits per heavy atom. The molecule has 3 nitrogen and oxygen atoms in total. The first-order valence-electron chi connectivity index (χ1n) is 5.91. The molecule has 1 aliphatic heterocycles. The molecule has 0 radical (unpaired) electrons. The van der Waals surface area contributed by atoms with E-state index in [1.807, 2.05) is 0 Å². The Morgan fingerprint density at radius 2 is 2.22 bits per heavy atom. The molecule has 0 saturated carbocycles. The number of carbonyl (C=O) groups excluding carboxylic acids is 1. The molecule has 1 aromatic carbocycles. The van der Waals surface area contributed by atoms with Crippen LogP contribution in [0.3, 0.4) is 0 Å². The van der Waals surface area contributed by atoms with Crippen LogP contribution in [0.2, 0.25) is 0 Å². The predicted octanol–water partition coefficient (Wildman–Crippen LogP) is 1.81. The van der Waals surface area contributed by atoms with E-state index in [4.69, 9.17) is 0 Å². The second-order valence-electron chi connectivity index (χ2n) is 4.66. The predicted molar refractivity (Wildman–Crippen MR) is 62.0 cm³/mol. The fraction of sp³-hybridized carbons (Fsp3) is 0.462. The van der Waals surface area contributed by atoms with Crippen molar-refractivity contribution in [1.82, 2.24) is 4.90 Å². The van der Waals surface area contributed by atoms with Gasteiger partial charge in [0.2, 0.25) is 0 Å². The van der Waals surface area contributed by atoms with Gasteiger partial charge < -0.3 is 10.0 Å². The zero-order valence-electron chi connectivity index (χ0n) is 10.1. The Balaban J connectivity index is 2.15. The van der Waals surface area contributed by atoms with Gasteiger partial charge in [0, 0.05) is 19.0 Å². The summed E-state index contributed by atoms with van der Waals surface area (Å²) >= 11 is 0. The Kier molecular flexibility index (Phi) is 3.61. The van der Waals surface area contributed by atoms with Crippen LogP contribution in [0.25, 0.3) is 0 Å². The van der Waals surface area contributed by atoms with Crippen LogP contribution < -0.4 is 0 Å². The number of halogens is 2. The van der Waals surface area contributed by atoms with Gasteiger partial charge in [0.15, 0.2) is 0 Å². The summed E-state index contributed by atoms with van der Waals surface area (Å²) in [5, 5.41) is 9.45. The first kappa shape index (κ1) is 13.0. The third-order valence-electron chi connectivity index (χ3n) is 3.35. The first-order chi connectivity index (χ1) is 8.49. The number of likely N-dealkylation sites (tertiary alicyclic amines) is 1. The van der Waals surface area contributed by atoms with Gasteiger partial charge in [-0.2, -0.15) is 0 Å². The summed E-state index contributed by atoms with van der Waals surface area (Å²) in [4.78, 5) is 13.5. The topological polar surface area (TPSA) is 40.5 Å². The van der Waals surface area contributed by atoms with Gasteiger partial charge >= 0.3 is 0 Å². The highest BCUT2D eigenvalue weighted by Crippen LogP contribution is 2.22. The van der Waals surface area contributed by atoms with E-state index >= 15 is 0 Å². The zero-order valence-corrected chi connectivity index (χ0v) is 10.1. The Labute approximate surface area is 104 Å². The molecule has 0 aliphatic carbocycles. The van der Waals surface area contributed by atoms with Crippen LogP contribution in [0.15, 0.2) is 18.2 Å². The standard InChI is InChI=1S/C13H15F2NO2/c1-8(17)9-4-5-16(7-9)13(18)11-6-10(14)2-3-12(11)15/h2-3,6,8-9,17H,4-5,7H2,1H3. The highest BCUT2D eigenvalue weighted by Gasteiger charge is 2.30. The van der Waals surface area contributed by atoms with Crippen molar-refractivity contribution in [3.63, 3.8) is 0 Å². The molecule has 1 saturated heterocycles. The number of rotatable bonds is 2. The zero-order chi connectivity index (χ0) is 13.3. The second-order valence-corrected chi connectivity index (χ2v) is 4.66. The molecule has 2 rings (SSSR count). The Hall–Kier alpha value is -1.49. The number of aliphatic hydroxyl groups excluding tert-OH is 1. The lowest BCUT2D eigenvalue weighted by molar-refractivity contribution is 0.0757. The van der Waals surface area contributed by atoms with Crippen molar-refractivity contribution in [3.8, 4) is 0 Å². The SMILES string of the molecule is CC(O)C1CCN(C(=O)c2cc(F)ccc2F)C1. The van der Waals surface area contributed by atoms with E-state index in [9.17, 15) is 18.7 Å². The Morgan fingerprint density at radius 1 is 1.50 bits per heavy atom. The monoisotopic (exact) mass is 255 g/mol. The molecule has 98 valence electrons. The van der Waals surface area contributed by atoms with Crippen LogP contribution in [0.1, 0.15) is 23.7 Å². The molecule has 5 heteroatoms. The van der Waals surface area contributed by atoms with Gasteiger partial charge in [0.1, 0.15) is 11.6 Å². The minimum Gasteiger partial charge on any atom is -0.393 e. The van der Waals surface area contributed by atoms with Crippen molar-refractivity contribution in [2.75, 3.05) is 13.1 Å². The highest BCUT2D eigenvalue weighted by molar-refractivity contribution is 5.94. The number of nitrogens with zero attached hydrogens (tertiary/aromatic N) is 1. The third-order valence-corrected chi connectivity index (χ3v) is 3.35. The van der Waals surface area contributed by atoms with Gasteiger partial charge in [-0.15, -0.1) is 0 Å². The van der Waals surface area contributed by atoms with Crippen molar-refractivity contribution in [3.05, 3.63) is 35.4 Å². The van der Waals surface area contributed by atoms with Gasteiger partial charge in [-0.3, -0.25) is 4.79 Å². The summed E-state index contributed by atoms with van der Waals surface area (Å²) in [6, 6.07) is 2.84. The molecule has 1 amide bonds. The summed E-state index contributed by atoms with van der Waals surface area (Å²) in [5.74, 6) is -1.87. The van der Waals surface area contributed by atoms with Crippen LogP contribution in [0, 0.1) is 17.6 Å². The fourth-order valence-electron chi connectivity index (χ4n) is 2.20. The molecule has 2 unspecified atom stereocenters. The van der Waals surface area contributed by atoms with E-state index in [0.717, 1.165) is 18.2 Å². The minimum absolute atomic E-state index is 0.00516. The summed E-state index contributed by atoms with van der Waals surface area (Å²) in [6.45, 7) is 2.51. The number of benzene rings is 1. The molecule has 2 atom stereocenters. The van der Waals surface area contributed by atoms with E-state index in [2.05, 4.69) is 0 Å². The third kappa shape index (κ3) is 2.51. The summed E-state index contributed by atoms with van der Waals surface area (Å²) in [7, 11) is 0. The van der Waals surface area contributed by atoms with Crippen LogP contribution >= 0.6 is 0 Å². The fourth-order valence-corrected chi connectivity index (χ4v) is 2.20. The molecule has 0 bridgehead atoms. The summed E-state index contributed by atoms with van der Waals surface area (Å²) in [5.41, 5.74) is -0.249. The average Bonchev–Trinajstić information content (AvgIpc) is 2.81. The maximum atomic E-state index is 13.5. The van der Waals surface area contributed by atoms with E-state index < -0.39 is 23.6 Å². The van der Waals surface area contributed by atoms with Crippen molar-refractivity contribution in [1.29, 1.82) is 0 Å². The number of carbonyl (C=O) groups is 1. The quantitative estimate of drug-likeness (QED) is 0.875. The highest BCUT2D eigenvalue weighted by atomic mass is 19.1. The molecule has 0 spiro atoms. The lowest BCUT2D eigenvalue weighted by atomic mass is 10.0. The van der Waals surface area contributed by atoms with Gasteiger partial charge in [-0.1, -0.05) is 0 Å².